The van der Waals surface area contributed by atoms with E-state index in [2.05, 4.69) is 27.3 Å². The van der Waals surface area contributed by atoms with Crippen molar-refractivity contribution in [2.24, 2.45) is 5.92 Å². The molecule has 0 atom stereocenters. The van der Waals surface area contributed by atoms with Gasteiger partial charge in [0.15, 0.2) is 0 Å². The zero-order chi connectivity index (χ0) is 13.0. The Hall–Kier alpha value is -0.210. The van der Waals surface area contributed by atoms with Gasteiger partial charge >= 0.3 is 0 Å². The number of rotatable bonds is 3. The van der Waals surface area contributed by atoms with Crippen molar-refractivity contribution in [3.05, 3.63) is 27.2 Å². The third kappa shape index (κ3) is 3.89. The lowest BCUT2D eigenvalue weighted by atomic mass is 10.0. The van der Waals surface area contributed by atoms with Crippen LogP contribution in [0, 0.1) is 12.8 Å². The Morgan fingerprint density at radius 2 is 1.89 bits per heavy atom. The maximum Gasteiger partial charge on any atom is 0.0499 e. The molecule has 1 fully saturated rings. The van der Waals surface area contributed by atoms with E-state index in [0.717, 1.165) is 33.2 Å². The highest BCUT2D eigenvalue weighted by Gasteiger charge is 2.12. The molecule has 0 unspecified atom stereocenters. The largest absolute Gasteiger partial charge is 0.384 e. The van der Waals surface area contributed by atoms with Gasteiger partial charge < -0.3 is 5.32 Å². The van der Waals surface area contributed by atoms with Gasteiger partial charge in [0, 0.05) is 21.7 Å². The van der Waals surface area contributed by atoms with Gasteiger partial charge in [-0.25, -0.2) is 0 Å². The topological polar surface area (TPSA) is 12.0 Å². The second kappa shape index (κ2) is 6.81. The van der Waals surface area contributed by atoms with Crippen molar-refractivity contribution in [3.8, 4) is 0 Å². The van der Waals surface area contributed by atoms with Crippen molar-refractivity contribution in [2.45, 2.75) is 45.4 Å². The van der Waals surface area contributed by atoms with Gasteiger partial charge in [0.25, 0.3) is 0 Å². The van der Waals surface area contributed by atoms with Crippen LogP contribution in [0.5, 0.6) is 0 Å². The van der Waals surface area contributed by atoms with Crippen LogP contribution in [0.15, 0.2) is 16.6 Å². The molecule has 0 spiro atoms. The van der Waals surface area contributed by atoms with E-state index in [1.165, 1.54) is 38.5 Å². The van der Waals surface area contributed by atoms with Crippen molar-refractivity contribution in [1.82, 2.24) is 0 Å². The zero-order valence-electron chi connectivity index (χ0n) is 10.9. The molecule has 0 amide bonds. The first kappa shape index (κ1) is 14.2. The van der Waals surface area contributed by atoms with Crippen LogP contribution in [-0.2, 0) is 0 Å². The number of benzene rings is 1. The molecule has 100 valence electrons. The summed E-state index contributed by atoms with van der Waals surface area (Å²) in [6.45, 7) is 3.10. The molecule has 0 bridgehead atoms. The van der Waals surface area contributed by atoms with E-state index in [1.807, 2.05) is 13.0 Å². The number of hydrogen-bond donors (Lipinski definition) is 1. The van der Waals surface area contributed by atoms with Crippen LogP contribution in [0.25, 0.3) is 0 Å². The molecule has 0 heterocycles. The molecule has 1 aliphatic rings. The van der Waals surface area contributed by atoms with E-state index in [9.17, 15) is 0 Å². The number of nitrogens with one attached hydrogen (secondary N) is 1. The van der Waals surface area contributed by atoms with E-state index in [4.69, 9.17) is 11.6 Å². The molecular formula is C15H21BrClN. The van der Waals surface area contributed by atoms with Crippen LogP contribution in [0.1, 0.15) is 44.1 Å². The Balaban J connectivity index is 1.94. The first-order valence-corrected chi connectivity index (χ1v) is 8.03. The fourth-order valence-electron chi connectivity index (χ4n) is 2.60. The quantitative estimate of drug-likeness (QED) is 0.691. The Morgan fingerprint density at radius 1 is 1.22 bits per heavy atom. The lowest BCUT2D eigenvalue weighted by Gasteiger charge is -2.17. The van der Waals surface area contributed by atoms with Crippen LogP contribution >= 0.6 is 27.5 Å². The maximum atomic E-state index is 6.17. The van der Waals surface area contributed by atoms with Crippen molar-refractivity contribution < 1.29 is 0 Å². The van der Waals surface area contributed by atoms with Crippen LogP contribution in [-0.4, -0.2) is 6.54 Å². The number of hydrogen-bond acceptors (Lipinski definition) is 1. The fourth-order valence-corrected chi connectivity index (χ4v) is 3.37. The van der Waals surface area contributed by atoms with Crippen LogP contribution in [0.3, 0.4) is 0 Å². The molecule has 0 aliphatic heterocycles. The molecule has 18 heavy (non-hydrogen) atoms. The highest BCUT2D eigenvalue weighted by Crippen LogP contribution is 2.30. The summed E-state index contributed by atoms with van der Waals surface area (Å²) >= 11 is 9.77. The van der Waals surface area contributed by atoms with Gasteiger partial charge in [-0.15, -0.1) is 0 Å². The van der Waals surface area contributed by atoms with Gasteiger partial charge in [-0.2, -0.15) is 0 Å². The minimum atomic E-state index is 0.819. The third-order valence-electron chi connectivity index (χ3n) is 3.80. The van der Waals surface area contributed by atoms with E-state index in [-0.39, 0.29) is 0 Å². The average Bonchev–Trinajstić information content (AvgIpc) is 2.60. The summed E-state index contributed by atoms with van der Waals surface area (Å²) in [6, 6.07) is 4.11. The predicted molar refractivity (Wildman–Crippen MR) is 83.6 cm³/mol. The van der Waals surface area contributed by atoms with Crippen LogP contribution < -0.4 is 5.32 Å². The monoisotopic (exact) mass is 329 g/mol. The smallest absolute Gasteiger partial charge is 0.0499 e. The fraction of sp³-hybridized carbons (Fsp3) is 0.600. The number of anilines is 1. The lowest BCUT2D eigenvalue weighted by molar-refractivity contribution is 0.483. The second-order valence-electron chi connectivity index (χ2n) is 5.32. The van der Waals surface area contributed by atoms with Crippen LogP contribution in [0.2, 0.25) is 5.02 Å². The molecule has 1 aromatic rings. The second-order valence-corrected chi connectivity index (χ2v) is 6.58. The van der Waals surface area contributed by atoms with Crippen molar-refractivity contribution in [3.63, 3.8) is 0 Å². The van der Waals surface area contributed by atoms with Gasteiger partial charge in [0.2, 0.25) is 0 Å². The van der Waals surface area contributed by atoms with E-state index < -0.39 is 0 Å². The molecule has 0 radical (unpaired) electrons. The minimum Gasteiger partial charge on any atom is -0.384 e. The van der Waals surface area contributed by atoms with Crippen molar-refractivity contribution in [2.75, 3.05) is 11.9 Å². The van der Waals surface area contributed by atoms with Gasteiger partial charge in [-0.05, 0) is 59.3 Å². The summed E-state index contributed by atoms with van der Waals surface area (Å²) < 4.78 is 1.11. The standard InChI is InChI=1S/C15H21BrClN/c1-11-8-13(16)15(9-14(11)17)18-10-12-6-4-2-3-5-7-12/h8-9,12,18H,2-7,10H2,1H3. The number of halogens is 2. The molecule has 2 rings (SSSR count). The Morgan fingerprint density at radius 3 is 2.56 bits per heavy atom. The molecule has 1 aromatic carbocycles. The van der Waals surface area contributed by atoms with Gasteiger partial charge in [0.05, 0.1) is 0 Å². The SMILES string of the molecule is Cc1cc(Br)c(NCC2CCCCCC2)cc1Cl. The summed E-state index contributed by atoms with van der Waals surface area (Å²) in [7, 11) is 0. The Bertz CT molecular complexity index is 398. The number of aryl methyl sites for hydroxylation is 1. The lowest BCUT2D eigenvalue weighted by Crippen LogP contribution is -2.14. The molecule has 0 aromatic heterocycles. The Kier molecular flexibility index (Phi) is 5.38. The van der Waals surface area contributed by atoms with E-state index in [1.54, 1.807) is 0 Å². The molecule has 1 N–H and O–H groups in total. The van der Waals surface area contributed by atoms with Gasteiger partial charge in [-0.3, -0.25) is 0 Å². The van der Waals surface area contributed by atoms with Crippen molar-refractivity contribution >= 4 is 33.2 Å². The maximum absolute atomic E-state index is 6.17. The normalized spacial score (nSPS) is 17.5. The highest BCUT2D eigenvalue weighted by atomic mass is 79.9. The molecule has 1 nitrogen and oxygen atoms in total. The zero-order valence-corrected chi connectivity index (χ0v) is 13.3. The summed E-state index contributed by atoms with van der Waals surface area (Å²) in [5.74, 6) is 0.819. The third-order valence-corrected chi connectivity index (χ3v) is 4.87. The molecule has 0 saturated heterocycles. The van der Waals surface area contributed by atoms with Crippen molar-refractivity contribution in [1.29, 1.82) is 0 Å². The molecule has 1 aliphatic carbocycles. The molecule has 1 saturated carbocycles. The van der Waals surface area contributed by atoms with Gasteiger partial charge in [-0.1, -0.05) is 37.3 Å². The summed E-state index contributed by atoms with van der Waals surface area (Å²) in [6.07, 6.45) is 8.34. The summed E-state index contributed by atoms with van der Waals surface area (Å²) in [4.78, 5) is 0. The Labute approximate surface area is 123 Å². The van der Waals surface area contributed by atoms with E-state index >= 15 is 0 Å². The highest BCUT2D eigenvalue weighted by molar-refractivity contribution is 9.10. The first-order chi connectivity index (χ1) is 8.66. The minimum absolute atomic E-state index is 0.819. The first-order valence-electron chi connectivity index (χ1n) is 6.86. The summed E-state index contributed by atoms with van der Waals surface area (Å²) in [5.41, 5.74) is 2.23. The molecule has 3 heteroatoms. The van der Waals surface area contributed by atoms with Gasteiger partial charge in [0.1, 0.15) is 0 Å². The molecular weight excluding hydrogens is 310 g/mol. The van der Waals surface area contributed by atoms with Crippen LogP contribution in [0.4, 0.5) is 5.69 Å². The van der Waals surface area contributed by atoms with E-state index in [0.29, 0.717) is 0 Å². The summed E-state index contributed by atoms with van der Waals surface area (Å²) in [5, 5.41) is 4.38. The predicted octanol–water partition coefficient (Wildman–Crippen LogP) is 5.79. The average molecular weight is 331 g/mol.